The highest BCUT2D eigenvalue weighted by Gasteiger charge is 2.38. The largest absolute Gasteiger partial charge is 0.497 e. The van der Waals surface area contributed by atoms with Crippen LogP contribution in [0.25, 0.3) is 0 Å². The number of carbonyl (C=O) groups excluding carboxylic acids is 2. The van der Waals surface area contributed by atoms with Crippen molar-refractivity contribution < 1.29 is 19.1 Å². The first-order valence-corrected chi connectivity index (χ1v) is 8.44. The van der Waals surface area contributed by atoms with Crippen LogP contribution in [0.15, 0.2) is 18.2 Å². The molecule has 1 atom stereocenters. The lowest BCUT2D eigenvalue weighted by Crippen LogP contribution is -2.35. The van der Waals surface area contributed by atoms with Crippen LogP contribution < -0.4 is 14.8 Å². The van der Waals surface area contributed by atoms with Gasteiger partial charge in [0.05, 0.1) is 25.8 Å². The summed E-state index contributed by atoms with van der Waals surface area (Å²) in [5.41, 5.74) is 0.593. The second-order valence-electron chi connectivity index (χ2n) is 6.44. The second kappa shape index (κ2) is 7.11. The van der Waals surface area contributed by atoms with Gasteiger partial charge in [-0.3, -0.25) is 9.59 Å². The minimum Gasteiger partial charge on any atom is -0.497 e. The summed E-state index contributed by atoms with van der Waals surface area (Å²) in [5.74, 6) is 0.869. The molecule has 1 aliphatic carbocycles. The average Bonchev–Trinajstić information content (AvgIpc) is 3.24. The molecule has 24 heavy (non-hydrogen) atoms. The Kier molecular flexibility index (Phi) is 4.92. The van der Waals surface area contributed by atoms with E-state index in [0.29, 0.717) is 36.2 Å². The molecule has 6 nitrogen and oxygen atoms in total. The molecule has 0 unspecified atom stereocenters. The number of carbonyl (C=O) groups is 2. The first kappa shape index (κ1) is 16.6. The fraction of sp³-hybridized carbons (Fsp3) is 0.556. The second-order valence-corrected chi connectivity index (χ2v) is 6.44. The van der Waals surface area contributed by atoms with Crippen molar-refractivity contribution in [1.82, 2.24) is 4.90 Å². The number of likely N-dealkylation sites (tertiary alicyclic amines) is 1. The van der Waals surface area contributed by atoms with Gasteiger partial charge in [-0.1, -0.05) is 12.8 Å². The minimum atomic E-state index is -0.301. The average molecular weight is 332 g/mol. The topological polar surface area (TPSA) is 67.9 Å². The number of hydrogen-bond acceptors (Lipinski definition) is 4. The van der Waals surface area contributed by atoms with E-state index >= 15 is 0 Å². The predicted molar refractivity (Wildman–Crippen MR) is 90.3 cm³/mol. The van der Waals surface area contributed by atoms with E-state index < -0.39 is 0 Å². The van der Waals surface area contributed by atoms with E-state index in [4.69, 9.17) is 9.47 Å². The third-order valence-corrected chi connectivity index (χ3v) is 4.96. The van der Waals surface area contributed by atoms with Crippen molar-refractivity contribution in [3.8, 4) is 11.5 Å². The Bertz CT molecular complexity index is 625. The molecule has 1 aromatic carbocycles. The summed E-state index contributed by atoms with van der Waals surface area (Å²) in [4.78, 5) is 26.7. The monoisotopic (exact) mass is 332 g/mol. The van der Waals surface area contributed by atoms with Crippen LogP contribution in [0.5, 0.6) is 11.5 Å². The van der Waals surface area contributed by atoms with Crippen molar-refractivity contribution in [1.29, 1.82) is 0 Å². The molecule has 0 aromatic heterocycles. The summed E-state index contributed by atoms with van der Waals surface area (Å²) >= 11 is 0. The van der Waals surface area contributed by atoms with Crippen LogP contribution in [0.3, 0.4) is 0 Å². The van der Waals surface area contributed by atoms with E-state index in [0.717, 1.165) is 12.8 Å². The van der Waals surface area contributed by atoms with Crippen LogP contribution >= 0.6 is 0 Å². The molecule has 2 fully saturated rings. The Balaban J connectivity index is 1.66. The highest BCUT2D eigenvalue weighted by atomic mass is 16.5. The first-order chi connectivity index (χ1) is 11.6. The van der Waals surface area contributed by atoms with Gasteiger partial charge in [0, 0.05) is 25.1 Å². The van der Waals surface area contributed by atoms with Crippen LogP contribution in [-0.4, -0.2) is 43.5 Å². The maximum absolute atomic E-state index is 12.6. The number of nitrogens with zero attached hydrogens (tertiary/aromatic N) is 1. The summed E-state index contributed by atoms with van der Waals surface area (Å²) in [6.07, 6.45) is 4.77. The summed E-state index contributed by atoms with van der Waals surface area (Å²) in [6, 6.07) is 5.57. The number of nitrogens with one attached hydrogen (secondary N) is 1. The maximum atomic E-state index is 12.6. The first-order valence-electron chi connectivity index (χ1n) is 8.44. The van der Waals surface area contributed by atoms with Gasteiger partial charge < -0.3 is 19.7 Å². The molecule has 3 rings (SSSR count). The Morgan fingerprint density at radius 2 is 1.96 bits per heavy atom. The van der Waals surface area contributed by atoms with E-state index in [1.54, 1.807) is 32.4 Å². The fourth-order valence-electron chi connectivity index (χ4n) is 3.61. The maximum Gasteiger partial charge on any atom is 0.229 e. The molecule has 1 saturated carbocycles. The van der Waals surface area contributed by atoms with Gasteiger partial charge in [0.15, 0.2) is 0 Å². The standard InChI is InChI=1S/C18H24N2O4/c1-23-14-7-8-15(16(10-14)24-2)19-18(22)12-9-17(21)20(11-12)13-5-3-4-6-13/h7-8,10,12-13H,3-6,9,11H2,1-2H3,(H,19,22)/t12-/m1/s1. The molecule has 2 aliphatic rings. The number of anilines is 1. The van der Waals surface area contributed by atoms with E-state index in [-0.39, 0.29) is 17.7 Å². The molecule has 130 valence electrons. The van der Waals surface area contributed by atoms with Crippen molar-refractivity contribution in [2.75, 3.05) is 26.1 Å². The predicted octanol–water partition coefficient (Wildman–Crippen LogP) is 2.43. The van der Waals surface area contributed by atoms with Gasteiger partial charge in [-0.2, -0.15) is 0 Å². The van der Waals surface area contributed by atoms with E-state index in [1.165, 1.54) is 12.8 Å². The Morgan fingerprint density at radius 1 is 1.21 bits per heavy atom. The van der Waals surface area contributed by atoms with Gasteiger partial charge in [0.2, 0.25) is 11.8 Å². The molecule has 6 heteroatoms. The number of rotatable bonds is 5. The molecule has 1 heterocycles. The lowest BCUT2D eigenvalue weighted by atomic mass is 10.1. The quantitative estimate of drug-likeness (QED) is 0.899. The molecule has 1 aliphatic heterocycles. The molecular weight excluding hydrogens is 308 g/mol. The van der Waals surface area contributed by atoms with Crippen LogP contribution in [0, 0.1) is 5.92 Å². The van der Waals surface area contributed by atoms with E-state index in [9.17, 15) is 9.59 Å². The van der Waals surface area contributed by atoms with Gasteiger partial charge >= 0.3 is 0 Å². The number of methoxy groups -OCH3 is 2. The third kappa shape index (κ3) is 3.32. The van der Waals surface area contributed by atoms with Crippen molar-refractivity contribution in [3.05, 3.63) is 18.2 Å². The normalized spacial score (nSPS) is 21.2. The van der Waals surface area contributed by atoms with Gasteiger partial charge in [0.25, 0.3) is 0 Å². The summed E-state index contributed by atoms with van der Waals surface area (Å²) < 4.78 is 10.5. The fourth-order valence-corrected chi connectivity index (χ4v) is 3.61. The zero-order valence-electron chi connectivity index (χ0n) is 14.2. The third-order valence-electron chi connectivity index (χ3n) is 4.96. The molecular formula is C18H24N2O4. The Hall–Kier alpha value is -2.24. The lowest BCUT2D eigenvalue weighted by molar-refractivity contribution is -0.129. The molecule has 2 amide bonds. The van der Waals surface area contributed by atoms with Crippen LogP contribution in [-0.2, 0) is 9.59 Å². The van der Waals surface area contributed by atoms with Gasteiger partial charge in [-0.05, 0) is 25.0 Å². The van der Waals surface area contributed by atoms with Gasteiger partial charge in [0.1, 0.15) is 11.5 Å². The summed E-state index contributed by atoms with van der Waals surface area (Å²) in [6.45, 7) is 0.522. The molecule has 1 saturated heterocycles. The number of benzene rings is 1. The van der Waals surface area contributed by atoms with E-state index in [1.807, 2.05) is 4.90 Å². The SMILES string of the molecule is COc1ccc(NC(=O)[C@@H]2CC(=O)N(C3CCCC3)C2)c(OC)c1. The number of ether oxygens (including phenoxy) is 2. The zero-order chi connectivity index (χ0) is 17.1. The van der Waals surface area contributed by atoms with E-state index in [2.05, 4.69) is 5.32 Å². The molecule has 0 spiro atoms. The highest BCUT2D eigenvalue weighted by Crippen LogP contribution is 2.32. The van der Waals surface area contributed by atoms with Crippen molar-refractivity contribution in [2.45, 2.75) is 38.1 Å². The lowest BCUT2D eigenvalue weighted by Gasteiger charge is -2.24. The number of amides is 2. The van der Waals surface area contributed by atoms with Crippen molar-refractivity contribution in [3.63, 3.8) is 0 Å². The Labute approximate surface area is 142 Å². The van der Waals surface area contributed by atoms with Crippen LogP contribution in [0.1, 0.15) is 32.1 Å². The molecule has 0 bridgehead atoms. The van der Waals surface area contributed by atoms with Crippen molar-refractivity contribution >= 4 is 17.5 Å². The minimum absolute atomic E-state index is 0.101. The summed E-state index contributed by atoms with van der Waals surface area (Å²) in [5, 5.41) is 2.89. The smallest absolute Gasteiger partial charge is 0.229 e. The van der Waals surface area contributed by atoms with Gasteiger partial charge in [-0.15, -0.1) is 0 Å². The number of hydrogen-bond donors (Lipinski definition) is 1. The van der Waals surface area contributed by atoms with Crippen molar-refractivity contribution in [2.24, 2.45) is 5.92 Å². The van der Waals surface area contributed by atoms with Gasteiger partial charge in [-0.25, -0.2) is 0 Å². The Morgan fingerprint density at radius 3 is 2.62 bits per heavy atom. The summed E-state index contributed by atoms with van der Waals surface area (Å²) in [7, 11) is 3.13. The highest BCUT2D eigenvalue weighted by molar-refractivity contribution is 5.98. The van der Waals surface area contributed by atoms with Crippen LogP contribution in [0.4, 0.5) is 5.69 Å². The molecule has 1 aromatic rings. The zero-order valence-corrected chi connectivity index (χ0v) is 14.2. The molecule has 0 radical (unpaired) electrons. The molecule has 1 N–H and O–H groups in total. The van der Waals surface area contributed by atoms with Crippen LogP contribution in [0.2, 0.25) is 0 Å².